The van der Waals surface area contributed by atoms with Gasteiger partial charge >= 0.3 is 6.03 Å². The third-order valence-corrected chi connectivity index (χ3v) is 5.12. The number of amides is 2. The Morgan fingerprint density at radius 1 is 1.21 bits per heavy atom. The van der Waals surface area contributed by atoms with Gasteiger partial charge in [-0.15, -0.1) is 0 Å². The Kier molecular flexibility index (Phi) is 5.74. The summed E-state index contributed by atoms with van der Waals surface area (Å²) >= 11 is 0. The molecule has 150 valence electrons. The molecular weight excluding hydrogens is 368 g/mol. The summed E-state index contributed by atoms with van der Waals surface area (Å²) in [4.78, 5) is 19.0. The maximum atomic E-state index is 12.7. The largest absolute Gasteiger partial charge is 0.496 e. The molecule has 1 aromatic heterocycles. The number of ether oxygens (including phenoxy) is 1. The van der Waals surface area contributed by atoms with Gasteiger partial charge in [0.15, 0.2) is 0 Å². The number of hydrogen-bond acceptors (Lipinski definition) is 5. The number of aromatic nitrogens is 2. The van der Waals surface area contributed by atoms with Crippen LogP contribution in [0.2, 0.25) is 0 Å². The number of hydrogen-bond donors (Lipinski definition) is 1. The summed E-state index contributed by atoms with van der Waals surface area (Å²) in [6.45, 7) is 1.26. The first-order chi connectivity index (χ1) is 14.3. The van der Waals surface area contributed by atoms with Crippen molar-refractivity contribution < 1.29 is 14.1 Å². The summed E-state index contributed by atoms with van der Waals surface area (Å²) in [5.41, 5.74) is 1.96. The van der Waals surface area contributed by atoms with Crippen molar-refractivity contribution in [3.63, 3.8) is 0 Å². The van der Waals surface area contributed by atoms with Gasteiger partial charge < -0.3 is 19.5 Å². The summed E-state index contributed by atoms with van der Waals surface area (Å²) in [6, 6.07) is 17.3. The predicted molar refractivity (Wildman–Crippen MR) is 109 cm³/mol. The molecule has 0 aliphatic carbocycles. The molecule has 0 bridgehead atoms. The zero-order chi connectivity index (χ0) is 20.1. The number of benzene rings is 2. The van der Waals surface area contributed by atoms with Crippen molar-refractivity contribution in [2.75, 3.05) is 20.2 Å². The molecule has 2 aromatic carbocycles. The molecule has 4 rings (SSSR count). The average molecular weight is 392 g/mol. The number of nitrogens with zero attached hydrogens (tertiary/aromatic N) is 3. The lowest BCUT2D eigenvalue weighted by molar-refractivity contribution is 0.180. The van der Waals surface area contributed by atoms with E-state index in [0.717, 1.165) is 24.8 Å². The fourth-order valence-electron chi connectivity index (χ4n) is 3.64. The van der Waals surface area contributed by atoms with Gasteiger partial charge in [0, 0.05) is 13.1 Å². The highest BCUT2D eigenvalue weighted by Gasteiger charge is 2.34. The van der Waals surface area contributed by atoms with Crippen LogP contribution < -0.4 is 10.1 Å². The number of rotatable bonds is 6. The van der Waals surface area contributed by atoms with Gasteiger partial charge in [0.25, 0.3) is 0 Å². The number of nitrogens with one attached hydrogen (secondary N) is 1. The van der Waals surface area contributed by atoms with Crippen LogP contribution in [0, 0.1) is 0 Å². The number of para-hydroxylation sites is 1. The summed E-state index contributed by atoms with van der Waals surface area (Å²) in [7, 11) is 1.61. The third kappa shape index (κ3) is 4.23. The summed E-state index contributed by atoms with van der Waals surface area (Å²) < 4.78 is 10.9. The fourth-order valence-corrected chi connectivity index (χ4v) is 3.64. The predicted octanol–water partition coefficient (Wildman–Crippen LogP) is 3.83. The van der Waals surface area contributed by atoms with Crippen molar-refractivity contribution in [1.29, 1.82) is 0 Å². The summed E-state index contributed by atoms with van der Waals surface area (Å²) in [5, 5.41) is 7.12. The Balaban J connectivity index is 1.42. The molecule has 1 saturated heterocycles. The van der Waals surface area contributed by atoms with Crippen LogP contribution in [0.15, 0.2) is 59.1 Å². The Morgan fingerprint density at radius 3 is 2.83 bits per heavy atom. The lowest BCUT2D eigenvalue weighted by atomic mass is 10.1. The van der Waals surface area contributed by atoms with Crippen LogP contribution in [0.4, 0.5) is 4.79 Å². The van der Waals surface area contributed by atoms with Crippen LogP contribution >= 0.6 is 0 Å². The van der Waals surface area contributed by atoms with Crippen LogP contribution in [0.1, 0.15) is 30.3 Å². The molecule has 1 atom stereocenters. The molecular formula is C22H24N4O3. The number of urea groups is 1. The minimum absolute atomic E-state index is 0.0968. The van der Waals surface area contributed by atoms with Crippen LogP contribution in [-0.2, 0) is 6.42 Å². The second-order valence-electron chi connectivity index (χ2n) is 6.98. The first-order valence-corrected chi connectivity index (χ1v) is 9.81. The first-order valence-electron chi connectivity index (χ1n) is 9.81. The summed E-state index contributed by atoms with van der Waals surface area (Å²) in [5.74, 6) is 1.61. The Labute approximate surface area is 169 Å². The fraction of sp³-hybridized carbons (Fsp3) is 0.318. The van der Waals surface area contributed by atoms with Crippen molar-refractivity contribution in [2.24, 2.45) is 0 Å². The van der Waals surface area contributed by atoms with E-state index < -0.39 is 0 Å². The number of methoxy groups -OCH3 is 1. The topological polar surface area (TPSA) is 80.5 Å². The van der Waals surface area contributed by atoms with Crippen molar-refractivity contribution in [3.05, 3.63) is 66.1 Å². The quantitative estimate of drug-likeness (QED) is 0.689. The van der Waals surface area contributed by atoms with Crippen LogP contribution in [-0.4, -0.2) is 41.3 Å². The van der Waals surface area contributed by atoms with Gasteiger partial charge in [0.05, 0.1) is 12.7 Å². The van der Waals surface area contributed by atoms with E-state index in [1.165, 1.54) is 5.56 Å². The minimum Gasteiger partial charge on any atom is -0.496 e. The molecule has 2 amide bonds. The molecule has 1 aliphatic rings. The van der Waals surface area contributed by atoms with E-state index in [0.29, 0.717) is 30.6 Å². The van der Waals surface area contributed by atoms with E-state index in [9.17, 15) is 4.79 Å². The Hall–Kier alpha value is -3.35. The molecule has 7 heteroatoms. The van der Waals surface area contributed by atoms with E-state index >= 15 is 0 Å². The van der Waals surface area contributed by atoms with Crippen molar-refractivity contribution in [2.45, 2.75) is 25.3 Å². The molecule has 7 nitrogen and oxygen atoms in total. The van der Waals surface area contributed by atoms with Crippen LogP contribution in [0.3, 0.4) is 0 Å². The first kappa shape index (κ1) is 19.0. The van der Waals surface area contributed by atoms with E-state index in [1.54, 1.807) is 12.0 Å². The zero-order valence-electron chi connectivity index (χ0n) is 16.4. The SMILES string of the molecule is COc1ccccc1-c1noc(C2CCCN2C(=O)NCCc2ccccc2)n1. The highest BCUT2D eigenvalue weighted by molar-refractivity contribution is 5.75. The van der Waals surface area contributed by atoms with Gasteiger partial charge in [-0.2, -0.15) is 4.98 Å². The molecule has 1 fully saturated rings. The standard InChI is InChI=1S/C22H24N4O3/c1-28-19-12-6-5-10-17(19)20-24-21(29-25-20)18-11-7-15-26(18)22(27)23-14-13-16-8-3-2-4-9-16/h2-6,8-10,12,18H,7,11,13-15H2,1H3,(H,23,27). The highest BCUT2D eigenvalue weighted by Crippen LogP contribution is 2.33. The second-order valence-corrected chi connectivity index (χ2v) is 6.98. The zero-order valence-corrected chi connectivity index (χ0v) is 16.4. The van der Waals surface area contributed by atoms with Gasteiger partial charge in [-0.3, -0.25) is 0 Å². The van der Waals surface area contributed by atoms with Gasteiger partial charge in [-0.05, 0) is 37.0 Å². The monoisotopic (exact) mass is 392 g/mol. The van der Waals surface area contributed by atoms with Crippen molar-refractivity contribution in [3.8, 4) is 17.1 Å². The normalized spacial score (nSPS) is 16.0. The van der Waals surface area contributed by atoms with E-state index in [4.69, 9.17) is 9.26 Å². The molecule has 1 unspecified atom stereocenters. The second kappa shape index (κ2) is 8.77. The minimum atomic E-state index is -0.206. The molecule has 29 heavy (non-hydrogen) atoms. The van der Waals surface area contributed by atoms with Crippen molar-refractivity contribution in [1.82, 2.24) is 20.4 Å². The summed E-state index contributed by atoms with van der Waals surface area (Å²) in [6.07, 6.45) is 2.51. The number of carbonyl (C=O) groups is 1. The third-order valence-electron chi connectivity index (χ3n) is 5.12. The highest BCUT2D eigenvalue weighted by atomic mass is 16.5. The lowest BCUT2D eigenvalue weighted by Gasteiger charge is -2.22. The van der Waals surface area contributed by atoms with Crippen LogP contribution in [0.25, 0.3) is 11.4 Å². The van der Waals surface area contributed by atoms with E-state index in [1.807, 2.05) is 42.5 Å². The maximum Gasteiger partial charge on any atom is 0.318 e. The van der Waals surface area contributed by atoms with Gasteiger partial charge in [-0.25, -0.2) is 4.79 Å². The maximum absolute atomic E-state index is 12.7. The molecule has 0 saturated carbocycles. The van der Waals surface area contributed by atoms with Gasteiger partial charge in [0.2, 0.25) is 11.7 Å². The molecule has 1 aliphatic heterocycles. The number of carbonyl (C=O) groups excluding carboxylic acids is 1. The molecule has 3 aromatic rings. The molecule has 0 spiro atoms. The van der Waals surface area contributed by atoms with Gasteiger partial charge in [-0.1, -0.05) is 47.6 Å². The lowest BCUT2D eigenvalue weighted by Crippen LogP contribution is -2.40. The van der Waals surface area contributed by atoms with Gasteiger partial charge in [0.1, 0.15) is 11.8 Å². The molecule has 2 heterocycles. The Bertz CT molecular complexity index is 957. The average Bonchev–Trinajstić information content (AvgIpc) is 3.44. The van der Waals surface area contributed by atoms with Crippen molar-refractivity contribution >= 4 is 6.03 Å². The van der Waals surface area contributed by atoms with Crippen LogP contribution in [0.5, 0.6) is 5.75 Å². The number of likely N-dealkylation sites (tertiary alicyclic amines) is 1. The molecule has 1 N–H and O–H groups in total. The molecule has 0 radical (unpaired) electrons. The van der Waals surface area contributed by atoms with E-state index in [2.05, 4.69) is 27.6 Å². The van der Waals surface area contributed by atoms with E-state index in [-0.39, 0.29) is 12.1 Å². The smallest absolute Gasteiger partial charge is 0.318 e. The Morgan fingerprint density at radius 2 is 2.00 bits per heavy atom.